The number of nitrogens with zero attached hydrogens (tertiary/aromatic N) is 1. The van der Waals surface area contributed by atoms with Crippen molar-refractivity contribution < 1.29 is 0 Å². The van der Waals surface area contributed by atoms with Crippen LogP contribution in [-0.2, 0) is 6.42 Å². The minimum absolute atomic E-state index is 0.222. The zero-order chi connectivity index (χ0) is 14.4. The monoisotopic (exact) mass is 282 g/mol. The van der Waals surface area contributed by atoms with Crippen molar-refractivity contribution in [3.8, 4) is 0 Å². The van der Waals surface area contributed by atoms with Crippen LogP contribution >= 0.6 is 11.6 Å². The molecule has 0 aliphatic rings. The summed E-state index contributed by atoms with van der Waals surface area (Å²) in [5.41, 5.74) is 8.31. The lowest BCUT2D eigenvalue weighted by Gasteiger charge is -2.24. The highest BCUT2D eigenvalue weighted by molar-refractivity contribution is 6.33. The first kappa shape index (κ1) is 16.3. The van der Waals surface area contributed by atoms with Gasteiger partial charge in [0.05, 0.1) is 10.7 Å². The van der Waals surface area contributed by atoms with Crippen LogP contribution in [0.15, 0.2) is 18.2 Å². The first-order chi connectivity index (χ1) is 8.97. The van der Waals surface area contributed by atoms with Gasteiger partial charge in [-0.25, -0.2) is 0 Å². The third kappa shape index (κ3) is 5.04. The van der Waals surface area contributed by atoms with E-state index >= 15 is 0 Å². The SMILES string of the molecule is CCC(C)CN(C)c1ccc(CC(N)CC)cc1Cl. The van der Waals surface area contributed by atoms with Crippen LogP contribution < -0.4 is 10.6 Å². The molecule has 0 fully saturated rings. The van der Waals surface area contributed by atoms with Gasteiger partial charge in [-0.1, -0.05) is 44.9 Å². The zero-order valence-corrected chi connectivity index (χ0v) is 13.4. The van der Waals surface area contributed by atoms with Gasteiger partial charge in [-0.15, -0.1) is 0 Å². The fourth-order valence-electron chi connectivity index (χ4n) is 2.13. The van der Waals surface area contributed by atoms with E-state index in [1.165, 1.54) is 12.0 Å². The van der Waals surface area contributed by atoms with E-state index in [9.17, 15) is 0 Å². The smallest absolute Gasteiger partial charge is 0.0642 e. The molecule has 0 bridgehead atoms. The summed E-state index contributed by atoms with van der Waals surface area (Å²) in [5.74, 6) is 0.675. The molecule has 2 N–H and O–H groups in total. The van der Waals surface area contributed by atoms with Gasteiger partial charge in [0.1, 0.15) is 0 Å². The second-order valence-corrected chi connectivity index (χ2v) is 5.96. The van der Waals surface area contributed by atoms with Crippen LogP contribution in [0, 0.1) is 5.92 Å². The van der Waals surface area contributed by atoms with Crippen LogP contribution in [-0.4, -0.2) is 19.6 Å². The Kier molecular flexibility index (Phi) is 6.67. The second-order valence-electron chi connectivity index (χ2n) is 5.55. The van der Waals surface area contributed by atoms with Crippen molar-refractivity contribution in [2.75, 3.05) is 18.5 Å². The van der Waals surface area contributed by atoms with Gasteiger partial charge in [-0.05, 0) is 36.5 Å². The van der Waals surface area contributed by atoms with Crippen molar-refractivity contribution in [1.29, 1.82) is 0 Å². The molecular formula is C16H27ClN2. The van der Waals surface area contributed by atoms with E-state index in [-0.39, 0.29) is 6.04 Å². The van der Waals surface area contributed by atoms with E-state index in [2.05, 4.69) is 50.9 Å². The summed E-state index contributed by atoms with van der Waals surface area (Å²) >= 11 is 6.40. The van der Waals surface area contributed by atoms with Gasteiger partial charge in [-0.2, -0.15) is 0 Å². The highest BCUT2D eigenvalue weighted by atomic mass is 35.5. The lowest BCUT2D eigenvalue weighted by atomic mass is 10.0. The average molecular weight is 283 g/mol. The summed E-state index contributed by atoms with van der Waals surface area (Å²) in [6.45, 7) is 7.62. The fourth-order valence-corrected chi connectivity index (χ4v) is 2.48. The molecule has 3 heteroatoms. The van der Waals surface area contributed by atoms with Crippen LogP contribution in [0.1, 0.15) is 39.2 Å². The van der Waals surface area contributed by atoms with Crippen molar-refractivity contribution in [1.82, 2.24) is 0 Å². The molecule has 0 radical (unpaired) electrons. The lowest BCUT2D eigenvalue weighted by molar-refractivity contribution is 0.560. The van der Waals surface area contributed by atoms with Crippen molar-refractivity contribution >= 4 is 17.3 Å². The number of anilines is 1. The number of halogens is 1. The van der Waals surface area contributed by atoms with Crippen molar-refractivity contribution in [3.63, 3.8) is 0 Å². The molecule has 0 aliphatic heterocycles. The molecule has 0 heterocycles. The van der Waals surface area contributed by atoms with E-state index in [0.717, 1.165) is 30.1 Å². The molecule has 1 aromatic carbocycles. The zero-order valence-electron chi connectivity index (χ0n) is 12.6. The van der Waals surface area contributed by atoms with Gasteiger partial charge in [0.2, 0.25) is 0 Å². The Morgan fingerprint density at radius 2 is 1.95 bits per heavy atom. The minimum Gasteiger partial charge on any atom is -0.373 e. The molecule has 0 saturated carbocycles. The van der Waals surface area contributed by atoms with E-state index in [1.807, 2.05) is 0 Å². The van der Waals surface area contributed by atoms with Crippen LogP contribution in [0.4, 0.5) is 5.69 Å². The van der Waals surface area contributed by atoms with Gasteiger partial charge < -0.3 is 10.6 Å². The van der Waals surface area contributed by atoms with Gasteiger partial charge >= 0.3 is 0 Å². The fraction of sp³-hybridized carbons (Fsp3) is 0.625. The molecule has 0 amide bonds. The molecule has 1 aromatic rings. The normalized spacial score (nSPS) is 14.2. The molecule has 19 heavy (non-hydrogen) atoms. The quantitative estimate of drug-likeness (QED) is 0.816. The van der Waals surface area contributed by atoms with Crippen LogP contribution in [0.5, 0.6) is 0 Å². The Labute approximate surface area is 122 Å². The van der Waals surface area contributed by atoms with Crippen LogP contribution in [0.3, 0.4) is 0 Å². The summed E-state index contributed by atoms with van der Waals surface area (Å²) in [5, 5.41) is 0.826. The second kappa shape index (κ2) is 7.76. The summed E-state index contributed by atoms with van der Waals surface area (Å²) in [4.78, 5) is 2.24. The van der Waals surface area contributed by atoms with Crippen LogP contribution in [0.25, 0.3) is 0 Å². The standard InChI is InChI=1S/C16H27ClN2/c1-5-12(3)11-19(4)16-8-7-13(10-15(16)17)9-14(18)6-2/h7-8,10,12,14H,5-6,9,11,18H2,1-4H3. The summed E-state index contributed by atoms with van der Waals surface area (Å²) in [6, 6.07) is 6.53. The molecule has 2 atom stereocenters. The average Bonchev–Trinajstić information content (AvgIpc) is 2.38. The van der Waals surface area contributed by atoms with Crippen LogP contribution in [0.2, 0.25) is 5.02 Å². The van der Waals surface area contributed by atoms with E-state index in [4.69, 9.17) is 17.3 Å². The minimum atomic E-state index is 0.222. The Bertz CT molecular complexity index is 392. The van der Waals surface area contributed by atoms with Crippen molar-refractivity contribution in [2.45, 2.75) is 46.1 Å². The number of nitrogens with two attached hydrogens (primary N) is 1. The molecule has 0 saturated heterocycles. The third-order valence-electron chi connectivity index (χ3n) is 3.73. The van der Waals surface area contributed by atoms with Gasteiger partial charge in [0.15, 0.2) is 0 Å². The first-order valence-electron chi connectivity index (χ1n) is 7.23. The highest BCUT2D eigenvalue weighted by Gasteiger charge is 2.10. The molecule has 2 unspecified atom stereocenters. The molecule has 0 aliphatic carbocycles. The van der Waals surface area contributed by atoms with Gasteiger partial charge in [0, 0.05) is 19.6 Å². The molecular weight excluding hydrogens is 256 g/mol. The van der Waals surface area contributed by atoms with E-state index < -0.39 is 0 Å². The first-order valence-corrected chi connectivity index (χ1v) is 7.60. The molecule has 108 valence electrons. The summed E-state index contributed by atoms with van der Waals surface area (Å²) in [6.07, 6.45) is 3.07. The Hall–Kier alpha value is -0.730. The molecule has 0 aromatic heterocycles. The Balaban J connectivity index is 2.76. The predicted molar refractivity (Wildman–Crippen MR) is 86.1 cm³/mol. The Morgan fingerprint density at radius 3 is 2.47 bits per heavy atom. The van der Waals surface area contributed by atoms with E-state index in [1.54, 1.807) is 0 Å². The predicted octanol–water partition coefficient (Wildman–Crippen LogP) is 4.10. The topological polar surface area (TPSA) is 29.3 Å². The number of hydrogen-bond acceptors (Lipinski definition) is 2. The maximum absolute atomic E-state index is 6.40. The summed E-state index contributed by atoms with van der Waals surface area (Å²) in [7, 11) is 2.10. The molecule has 1 rings (SSSR count). The Morgan fingerprint density at radius 1 is 1.26 bits per heavy atom. The lowest BCUT2D eigenvalue weighted by Crippen LogP contribution is -2.24. The maximum Gasteiger partial charge on any atom is 0.0642 e. The van der Waals surface area contributed by atoms with Crippen molar-refractivity contribution in [3.05, 3.63) is 28.8 Å². The summed E-state index contributed by atoms with van der Waals surface area (Å²) < 4.78 is 0. The molecule has 2 nitrogen and oxygen atoms in total. The van der Waals surface area contributed by atoms with Gasteiger partial charge in [0.25, 0.3) is 0 Å². The highest BCUT2D eigenvalue weighted by Crippen LogP contribution is 2.27. The molecule has 0 spiro atoms. The van der Waals surface area contributed by atoms with Gasteiger partial charge in [-0.3, -0.25) is 0 Å². The van der Waals surface area contributed by atoms with Crippen molar-refractivity contribution in [2.24, 2.45) is 11.7 Å². The maximum atomic E-state index is 6.40. The third-order valence-corrected chi connectivity index (χ3v) is 4.03. The number of rotatable bonds is 7. The van der Waals surface area contributed by atoms with E-state index in [0.29, 0.717) is 5.92 Å². The number of benzene rings is 1. The largest absolute Gasteiger partial charge is 0.373 e. The number of hydrogen-bond donors (Lipinski definition) is 1.